The molecule has 2 atom stereocenters. The molecule has 0 spiro atoms. The maximum absolute atomic E-state index is 16.2. The summed E-state index contributed by atoms with van der Waals surface area (Å²) in [5, 5.41) is 4.72. The van der Waals surface area contributed by atoms with Gasteiger partial charge in [-0.2, -0.15) is 0 Å². The van der Waals surface area contributed by atoms with Gasteiger partial charge in [-0.25, -0.2) is 9.97 Å². The van der Waals surface area contributed by atoms with E-state index in [1.54, 1.807) is 45.3 Å². The van der Waals surface area contributed by atoms with E-state index in [2.05, 4.69) is 142 Å². The molecule has 0 fully saturated rings. The Balaban J connectivity index is 1.12. The molecule has 9 rings (SSSR count). The number of aryl methyl sites for hydroxylation is 2. The number of hydrogen-bond acceptors (Lipinski definition) is 8. The quantitative estimate of drug-likeness (QED) is 0.0357. The fraction of sp³-hybridized carbons (Fsp3) is 0.595. The summed E-state index contributed by atoms with van der Waals surface area (Å²) in [4.78, 5) is 53.0. The molecule has 90 heavy (non-hydrogen) atoms. The van der Waals surface area contributed by atoms with Crippen molar-refractivity contribution in [2.45, 2.75) is 280 Å². The molecule has 0 aliphatic carbocycles. The van der Waals surface area contributed by atoms with Gasteiger partial charge >= 0.3 is 0 Å². The summed E-state index contributed by atoms with van der Waals surface area (Å²) in [6, 6.07) is 23.5. The second kappa shape index (κ2) is 36.1. The van der Waals surface area contributed by atoms with Crippen molar-refractivity contribution in [1.82, 2.24) is 24.3 Å². The first-order valence-corrected chi connectivity index (χ1v) is 39.6. The van der Waals surface area contributed by atoms with E-state index in [4.69, 9.17) is 4.98 Å². The number of thiophene rings is 2. The van der Waals surface area contributed by atoms with Crippen LogP contribution in [0.15, 0.2) is 84.2 Å². The lowest BCUT2D eigenvalue weighted by Gasteiger charge is -2.29. The van der Waals surface area contributed by atoms with Crippen LogP contribution in [0.2, 0.25) is 0 Å². The second-order valence-corrected chi connectivity index (χ2v) is 31.3. The Hall–Kier alpha value is -4.68. The molecule has 2 aliphatic rings. The highest BCUT2D eigenvalue weighted by Gasteiger charge is 2.50. The van der Waals surface area contributed by atoms with Gasteiger partial charge in [0, 0.05) is 63.1 Å². The Bertz CT molecular complexity index is 3410. The van der Waals surface area contributed by atoms with E-state index >= 15 is 9.59 Å². The zero-order chi connectivity index (χ0) is 63.2. The first-order chi connectivity index (χ1) is 44.1. The zero-order valence-electron chi connectivity index (χ0n) is 56.8. The van der Waals surface area contributed by atoms with Crippen LogP contribution in [0.4, 0.5) is 0 Å². The van der Waals surface area contributed by atoms with Gasteiger partial charge in [-0.1, -0.05) is 246 Å². The number of unbranched alkanes of at least 4 members (excludes halogenated alkanes) is 22. The van der Waals surface area contributed by atoms with Crippen LogP contribution in [0.5, 0.6) is 0 Å². The minimum atomic E-state index is 0.00788. The van der Waals surface area contributed by atoms with Crippen LogP contribution in [0.25, 0.3) is 63.3 Å². The van der Waals surface area contributed by atoms with Crippen molar-refractivity contribution in [2.24, 2.45) is 11.8 Å². The summed E-state index contributed by atoms with van der Waals surface area (Å²) in [6.07, 6.45) is 45.7. The van der Waals surface area contributed by atoms with E-state index in [1.165, 1.54) is 220 Å². The van der Waals surface area contributed by atoms with Crippen molar-refractivity contribution in [2.75, 3.05) is 13.1 Å². The minimum absolute atomic E-state index is 0.00788. The maximum atomic E-state index is 16.2. The normalized spacial score (nSPS) is 14.4. The molecule has 5 aromatic heterocycles. The Kier molecular flexibility index (Phi) is 27.9. The van der Waals surface area contributed by atoms with E-state index in [-0.39, 0.29) is 11.8 Å². The average molecular weight is 1290 g/mol. The van der Waals surface area contributed by atoms with Gasteiger partial charge in [0.05, 0.1) is 52.6 Å². The van der Waals surface area contributed by atoms with E-state index in [1.807, 2.05) is 6.20 Å². The zero-order valence-corrected chi connectivity index (χ0v) is 60.1. The molecule has 0 N–H and O–H groups in total. The van der Waals surface area contributed by atoms with Crippen LogP contribution in [0.3, 0.4) is 0 Å². The van der Waals surface area contributed by atoms with Crippen molar-refractivity contribution in [3.8, 4) is 30.1 Å². The fourth-order valence-corrected chi connectivity index (χ4v) is 18.4. The number of benzene rings is 2. The molecular formula is C79H111N5O2S4. The minimum Gasteiger partial charge on any atom is -0.337 e. The molecule has 7 nitrogen and oxygen atoms in total. The van der Waals surface area contributed by atoms with E-state index in [0.29, 0.717) is 42.1 Å². The standard InChI is InChI=1S/C79H111N5O2S4/c1-9-15-21-27-29-33-39-59(37-31-23-17-11-3)55-82-75(69-49-47-67(88-69)71-53-80-58(8)87-71)73-74(79(82)86)76(83(78(73)85)56-60(38-32-24-18-12-4)40-34-30-28-22-16-10-2)70-50-48-68(89-70)72-54-81-77(90-72)61-44-46-64-63-45-43-57(7)51-65(63)84(66(64)52-61)62(41-35-25-19-13-5)42-36-26-20-14-6/h43-54,59-60,62H,9-42,55-56H2,1-8H3. The summed E-state index contributed by atoms with van der Waals surface area (Å²) in [5.41, 5.74) is 8.06. The molecule has 488 valence electrons. The largest absolute Gasteiger partial charge is 0.337 e. The van der Waals surface area contributed by atoms with Crippen LogP contribution in [-0.4, -0.2) is 49.2 Å². The number of nitrogens with zero attached hydrogens (tertiary/aromatic N) is 5. The molecular weight excluding hydrogens is 1180 g/mol. The molecule has 0 saturated carbocycles. The molecule has 7 heterocycles. The summed E-state index contributed by atoms with van der Waals surface area (Å²) in [5.74, 6) is 0.710. The van der Waals surface area contributed by atoms with Crippen molar-refractivity contribution in [3.63, 3.8) is 0 Å². The van der Waals surface area contributed by atoms with Crippen LogP contribution in [0, 0.1) is 25.7 Å². The van der Waals surface area contributed by atoms with Crippen LogP contribution >= 0.6 is 45.3 Å². The van der Waals surface area contributed by atoms with Gasteiger partial charge in [0.15, 0.2) is 0 Å². The number of carbonyl (C=O) groups excluding carboxylic acids is 2. The van der Waals surface area contributed by atoms with Crippen LogP contribution in [-0.2, 0) is 9.59 Å². The molecule has 11 heteroatoms. The summed E-state index contributed by atoms with van der Waals surface area (Å²) in [6.45, 7) is 19.4. The van der Waals surface area contributed by atoms with E-state index in [9.17, 15) is 0 Å². The number of carbonyl (C=O) groups is 2. The summed E-state index contributed by atoms with van der Waals surface area (Å²) >= 11 is 6.92. The first-order valence-electron chi connectivity index (χ1n) is 36.4. The smallest absolute Gasteiger partial charge is 0.261 e. The molecule has 7 aromatic rings. The molecule has 0 radical (unpaired) electrons. The number of rotatable bonds is 44. The number of fused-ring (bicyclic) bond motifs is 4. The van der Waals surface area contributed by atoms with Gasteiger partial charge in [0.1, 0.15) is 5.01 Å². The third-order valence-electron chi connectivity index (χ3n) is 19.6. The average Bonchev–Trinajstić information content (AvgIpc) is 1.60. The lowest BCUT2D eigenvalue weighted by molar-refractivity contribution is -0.124. The van der Waals surface area contributed by atoms with Gasteiger partial charge in [0.25, 0.3) is 11.8 Å². The maximum Gasteiger partial charge on any atom is 0.261 e. The summed E-state index contributed by atoms with van der Waals surface area (Å²) < 4.78 is 2.73. The number of thiazole rings is 2. The number of amides is 2. The van der Waals surface area contributed by atoms with Crippen molar-refractivity contribution < 1.29 is 9.59 Å². The van der Waals surface area contributed by atoms with Crippen molar-refractivity contribution in [3.05, 3.63) is 105 Å². The Morgan fingerprint density at radius 1 is 0.389 bits per heavy atom. The predicted octanol–water partition coefficient (Wildman–Crippen LogP) is 25.4. The molecule has 2 unspecified atom stereocenters. The van der Waals surface area contributed by atoms with E-state index < -0.39 is 0 Å². The van der Waals surface area contributed by atoms with Gasteiger partial charge in [-0.3, -0.25) is 9.59 Å². The molecule has 2 aromatic carbocycles. The highest BCUT2D eigenvalue weighted by molar-refractivity contribution is 7.24. The van der Waals surface area contributed by atoms with Gasteiger partial charge in [-0.15, -0.1) is 45.3 Å². The first kappa shape index (κ1) is 69.7. The van der Waals surface area contributed by atoms with Gasteiger partial charge in [-0.05, 0) is 106 Å². The second-order valence-electron chi connectivity index (χ2n) is 26.9. The Morgan fingerprint density at radius 3 is 1.23 bits per heavy atom. The van der Waals surface area contributed by atoms with Gasteiger partial charge in [0.2, 0.25) is 0 Å². The van der Waals surface area contributed by atoms with Crippen LogP contribution < -0.4 is 0 Å². The molecule has 0 saturated heterocycles. The fourth-order valence-electron chi connectivity index (χ4n) is 14.5. The predicted molar refractivity (Wildman–Crippen MR) is 393 cm³/mol. The summed E-state index contributed by atoms with van der Waals surface area (Å²) in [7, 11) is 0. The topological polar surface area (TPSA) is 71.3 Å². The molecule has 2 aliphatic heterocycles. The SMILES string of the molecule is CCCCCCCCC(CCCCCC)CN1C(=O)C2=C(c3ccc(-c4cnc(-c5ccc6c7ccc(C)cc7n(C(CCCCCC)CCCCCC)c6c5)s4)s3)N(CC(CCCCCC)CCCCCCCC)C(=O)C2=C1c1ccc(-c2cnc(C)s2)s1. The van der Waals surface area contributed by atoms with E-state index in [0.717, 1.165) is 81.9 Å². The molecule has 0 bridgehead atoms. The van der Waals surface area contributed by atoms with Gasteiger partial charge < -0.3 is 14.4 Å². The highest BCUT2D eigenvalue weighted by Crippen LogP contribution is 2.52. The van der Waals surface area contributed by atoms with Crippen LogP contribution in [0.1, 0.15) is 286 Å². The number of hydrogen-bond donors (Lipinski definition) is 0. The Morgan fingerprint density at radius 2 is 0.778 bits per heavy atom. The Labute approximate surface area is 559 Å². The van der Waals surface area contributed by atoms with Crippen molar-refractivity contribution in [1.29, 1.82) is 0 Å². The lowest BCUT2D eigenvalue weighted by Crippen LogP contribution is -2.34. The third kappa shape index (κ3) is 18.0. The monoisotopic (exact) mass is 1290 g/mol. The van der Waals surface area contributed by atoms with Crippen molar-refractivity contribution >= 4 is 90.4 Å². The highest BCUT2D eigenvalue weighted by atomic mass is 32.1. The molecule has 2 amide bonds. The number of aromatic nitrogens is 3. The lowest BCUT2D eigenvalue weighted by atomic mass is 9.93. The third-order valence-corrected chi connectivity index (χ3v) is 24.1.